The summed E-state index contributed by atoms with van der Waals surface area (Å²) in [5.74, 6) is 0.778. The average Bonchev–Trinajstić information content (AvgIpc) is 2.89. The van der Waals surface area contributed by atoms with E-state index in [1.54, 1.807) is 43.9 Å². The molecule has 8 heteroatoms. The molecule has 0 amide bonds. The maximum Gasteiger partial charge on any atom is 0.324 e. The lowest BCUT2D eigenvalue weighted by Crippen LogP contribution is -2.25. The maximum atomic E-state index is 13.6. The number of ether oxygens (including phenoxy) is 3. The highest BCUT2D eigenvalue weighted by Crippen LogP contribution is 2.36. The van der Waals surface area contributed by atoms with Crippen LogP contribution in [0.4, 0.5) is 0 Å². The van der Waals surface area contributed by atoms with Crippen LogP contribution in [-0.2, 0) is 16.1 Å². The van der Waals surface area contributed by atoms with Crippen molar-refractivity contribution in [2.24, 2.45) is 0 Å². The number of rotatable bonds is 9. The van der Waals surface area contributed by atoms with Crippen molar-refractivity contribution in [3.05, 3.63) is 94.3 Å². The van der Waals surface area contributed by atoms with Gasteiger partial charge in [0.05, 0.1) is 38.3 Å². The van der Waals surface area contributed by atoms with Gasteiger partial charge in [0.15, 0.2) is 16.7 Å². The quantitative estimate of drug-likeness (QED) is 0.188. The number of hydrogen-bond donors (Lipinski definition) is 0. The number of hydrogen-bond acceptors (Lipinski definition) is 7. The fraction of sp³-hybridized carbons (Fsp3) is 0.222. The molecule has 0 spiro atoms. The summed E-state index contributed by atoms with van der Waals surface area (Å²) in [4.78, 5) is 31.3. The molecule has 0 aliphatic rings. The van der Waals surface area contributed by atoms with Gasteiger partial charge in [0.1, 0.15) is 5.25 Å². The summed E-state index contributed by atoms with van der Waals surface area (Å²) in [7, 11) is 3.14. The van der Waals surface area contributed by atoms with Gasteiger partial charge in [-0.05, 0) is 42.3 Å². The Morgan fingerprint density at radius 1 is 0.971 bits per heavy atom. The number of thioether (sulfide) groups is 1. The first-order chi connectivity index (χ1) is 17.0. The van der Waals surface area contributed by atoms with E-state index >= 15 is 0 Å². The second-order valence-electron chi connectivity index (χ2n) is 7.65. The van der Waals surface area contributed by atoms with E-state index in [1.165, 1.54) is 11.8 Å². The Kier molecular flexibility index (Phi) is 7.72. The Bertz CT molecular complexity index is 1390. The van der Waals surface area contributed by atoms with Crippen LogP contribution >= 0.6 is 11.8 Å². The van der Waals surface area contributed by atoms with Crippen molar-refractivity contribution in [1.29, 1.82) is 0 Å². The van der Waals surface area contributed by atoms with Crippen molar-refractivity contribution in [2.75, 3.05) is 20.8 Å². The molecule has 1 aromatic heterocycles. The van der Waals surface area contributed by atoms with Crippen LogP contribution in [0.2, 0.25) is 0 Å². The molecule has 3 aromatic carbocycles. The Morgan fingerprint density at radius 3 is 2.40 bits per heavy atom. The van der Waals surface area contributed by atoms with Crippen molar-refractivity contribution in [3.8, 4) is 11.5 Å². The zero-order valence-corrected chi connectivity index (χ0v) is 20.6. The van der Waals surface area contributed by atoms with Gasteiger partial charge in [0.25, 0.3) is 5.56 Å². The fourth-order valence-electron chi connectivity index (χ4n) is 3.74. The summed E-state index contributed by atoms with van der Waals surface area (Å²) in [6.45, 7) is 2.27. The van der Waals surface area contributed by atoms with E-state index in [-0.39, 0.29) is 24.7 Å². The first-order valence-corrected chi connectivity index (χ1v) is 12.0. The standard InChI is InChI=1S/C27H26N2O5S/c1-4-34-26(31)24(19-10-6-5-7-11-19)35-27-28-21-13-9-8-12-20(21)25(30)29(27)17-18-14-15-22(32-2)23(16-18)33-3/h5-16,24H,4,17H2,1-3H3. The van der Waals surface area contributed by atoms with Gasteiger partial charge in [-0.3, -0.25) is 14.2 Å². The summed E-state index contributed by atoms with van der Waals surface area (Å²) >= 11 is 1.20. The Labute approximate surface area is 207 Å². The van der Waals surface area contributed by atoms with Crippen molar-refractivity contribution in [1.82, 2.24) is 9.55 Å². The monoisotopic (exact) mass is 490 g/mol. The number of fused-ring (bicyclic) bond motifs is 1. The lowest BCUT2D eigenvalue weighted by molar-refractivity contribution is -0.142. The molecule has 4 aromatic rings. The van der Waals surface area contributed by atoms with E-state index in [0.717, 1.165) is 11.1 Å². The van der Waals surface area contributed by atoms with Crippen LogP contribution in [0, 0.1) is 0 Å². The number of carbonyl (C=O) groups excluding carboxylic acids is 1. The van der Waals surface area contributed by atoms with E-state index < -0.39 is 5.25 Å². The molecule has 0 saturated heterocycles. The number of carbonyl (C=O) groups is 1. The van der Waals surface area contributed by atoms with Gasteiger partial charge in [-0.1, -0.05) is 60.3 Å². The Morgan fingerprint density at radius 2 is 1.69 bits per heavy atom. The van der Waals surface area contributed by atoms with Crippen molar-refractivity contribution in [2.45, 2.75) is 23.9 Å². The highest BCUT2D eigenvalue weighted by Gasteiger charge is 2.26. The molecule has 0 aliphatic heterocycles. The van der Waals surface area contributed by atoms with Gasteiger partial charge < -0.3 is 14.2 Å². The van der Waals surface area contributed by atoms with Crippen LogP contribution < -0.4 is 15.0 Å². The lowest BCUT2D eigenvalue weighted by Gasteiger charge is -2.19. The first kappa shape index (κ1) is 24.3. The topological polar surface area (TPSA) is 79.7 Å². The minimum atomic E-state index is -0.680. The van der Waals surface area contributed by atoms with Crippen molar-refractivity contribution < 1.29 is 19.0 Å². The van der Waals surface area contributed by atoms with Crippen LogP contribution in [0.1, 0.15) is 23.3 Å². The van der Waals surface area contributed by atoms with Crippen LogP contribution in [0.15, 0.2) is 82.7 Å². The third-order valence-corrected chi connectivity index (χ3v) is 6.66. The minimum absolute atomic E-state index is 0.191. The number of benzene rings is 3. The Balaban J connectivity index is 1.83. The van der Waals surface area contributed by atoms with E-state index in [1.807, 2.05) is 54.6 Å². The molecular formula is C27H26N2O5S. The highest BCUT2D eigenvalue weighted by atomic mass is 32.2. The molecule has 4 rings (SSSR count). The summed E-state index contributed by atoms with van der Waals surface area (Å²) < 4.78 is 17.7. The molecular weight excluding hydrogens is 464 g/mol. The molecule has 0 aliphatic carbocycles. The number of nitrogens with zero attached hydrogens (tertiary/aromatic N) is 2. The average molecular weight is 491 g/mol. The van der Waals surface area contributed by atoms with Crippen molar-refractivity contribution >= 4 is 28.6 Å². The van der Waals surface area contributed by atoms with Crippen LogP contribution in [0.3, 0.4) is 0 Å². The van der Waals surface area contributed by atoms with Crippen molar-refractivity contribution in [3.63, 3.8) is 0 Å². The molecule has 7 nitrogen and oxygen atoms in total. The molecule has 35 heavy (non-hydrogen) atoms. The lowest BCUT2D eigenvalue weighted by atomic mass is 10.1. The smallest absolute Gasteiger partial charge is 0.324 e. The van der Waals surface area contributed by atoms with Gasteiger partial charge in [-0.15, -0.1) is 0 Å². The molecule has 180 valence electrons. The molecule has 0 radical (unpaired) electrons. The predicted octanol–water partition coefficient (Wildman–Crippen LogP) is 4.86. The third kappa shape index (κ3) is 5.33. The number of para-hydroxylation sites is 1. The fourth-order valence-corrected chi connectivity index (χ4v) is 4.84. The first-order valence-electron chi connectivity index (χ1n) is 11.1. The van der Waals surface area contributed by atoms with E-state index in [0.29, 0.717) is 27.6 Å². The largest absolute Gasteiger partial charge is 0.493 e. The molecule has 0 saturated carbocycles. The molecule has 1 unspecified atom stereocenters. The summed E-state index contributed by atoms with van der Waals surface area (Å²) in [5, 5.41) is 0.246. The van der Waals surface area contributed by atoms with Gasteiger partial charge in [0.2, 0.25) is 0 Å². The van der Waals surface area contributed by atoms with Gasteiger partial charge in [-0.2, -0.15) is 0 Å². The van der Waals surface area contributed by atoms with E-state index in [9.17, 15) is 9.59 Å². The number of aromatic nitrogens is 2. The van der Waals surface area contributed by atoms with Crippen LogP contribution in [0.5, 0.6) is 11.5 Å². The number of methoxy groups -OCH3 is 2. The van der Waals surface area contributed by atoms with E-state index in [2.05, 4.69) is 0 Å². The summed E-state index contributed by atoms with van der Waals surface area (Å²) in [6, 6.07) is 22.0. The highest BCUT2D eigenvalue weighted by molar-refractivity contribution is 8.00. The van der Waals surface area contributed by atoms with Crippen LogP contribution in [0.25, 0.3) is 10.9 Å². The normalized spacial score (nSPS) is 11.7. The maximum absolute atomic E-state index is 13.6. The van der Waals surface area contributed by atoms with Gasteiger partial charge >= 0.3 is 5.97 Å². The Hall–Kier alpha value is -3.78. The SMILES string of the molecule is CCOC(=O)C(Sc1nc2ccccc2c(=O)n1Cc1ccc(OC)c(OC)c1)c1ccccc1. The summed E-state index contributed by atoms with van der Waals surface area (Å²) in [6.07, 6.45) is 0. The zero-order chi connectivity index (χ0) is 24.8. The molecule has 1 atom stereocenters. The van der Waals surface area contributed by atoms with E-state index in [4.69, 9.17) is 19.2 Å². The molecule has 1 heterocycles. The second kappa shape index (κ2) is 11.1. The predicted molar refractivity (Wildman–Crippen MR) is 136 cm³/mol. The van der Waals surface area contributed by atoms with Crippen LogP contribution in [-0.4, -0.2) is 36.3 Å². The van der Waals surface area contributed by atoms with Gasteiger partial charge in [-0.25, -0.2) is 4.98 Å². The second-order valence-corrected chi connectivity index (χ2v) is 8.73. The summed E-state index contributed by atoms with van der Waals surface area (Å²) in [5.41, 5.74) is 1.98. The van der Waals surface area contributed by atoms with Gasteiger partial charge in [0, 0.05) is 0 Å². The molecule has 0 N–H and O–H groups in total. The molecule has 0 fully saturated rings. The third-order valence-electron chi connectivity index (χ3n) is 5.44. The zero-order valence-electron chi connectivity index (χ0n) is 19.8. The molecule has 0 bridgehead atoms. The number of esters is 1. The minimum Gasteiger partial charge on any atom is -0.493 e.